The largest absolute Gasteiger partial charge is 0.368 e. The molecule has 0 radical (unpaired) electrons. The molecule has 2 fully saturated rings. The number of hydrogen-bond donors (Lipinski definition) is 12. The number of amides is 10. The van der Waals surface area contributed by atoms with Crippen molar-refractivity contribution in [3.8, 4) is 0 Å². The first-order valence-electron chi connectivity index (χ1n) is 20.4. The molecule has 0 aliphatic carbocycles. The lowest BCUT2D eigenvalue weighted by atomic mass is 9.87. The quantitative estimate of drug-likeness (QED) is 0.0166. The Kier molecular flexibility index (Phi) is 23.2. The molecule has 14 N–H and O–H groups in total. The highest BCUT2D eigenvalue weighted by molar-refractivity contribution is 8.00. The molecule has 0 aromatic carbocycles. The molecule has 2 unspecified atom stereocenters. The van der Waals surface area contributed by atoms with E-state index in [-0.39, 0.29) is 49.2 Å². The number of carbonyl (C=O) groups excluding carboxylic acids is 9. The lowest BCUT2D eigenvalue weighted by Crippen LogP contribution is -2.54. The molecule has 0 saturated carbocycles. The molecule has 8 atom stereocenters. The minimum atomic E-state index is -1.13. The summed E-state index contributed by atoms with van der Waals surface area (Å²) in [5.74, 6) is -5.13. The van der Waals surface area contributed by atoms with Crippen LogP contribution in [0, 0.1) is 11.8 Å². The number of hydroxylamine groups is 1. The van der Waals surface area contributed by atoms with E-state index < -0.39 is 78.5 Å². The third kappa shape index (κ3) is 18.8. The van der Waals surface area contributed by atoms with Crippen LogP contribution in [0.15, 0.2) is 0 Å². The van der Waals surface area contributed by atoms with E-state index in [4.69, 9.17) is 16.7 Å². The molecule has 2 rings (SSSR count). The Balaban J connectivity index is 1.68. The zero-order chi connectivity index (χ0) is 43.9. The van der Waals surface area contributed by atoms with Crippen LogP contribution in [0.4, 0.5) is 4.79 Å². The van der Waals surface area contributed by atoms with Gasteiger partial charge in [0.25, 0.3) is 0 Å². The van der Waals surface area contributed by atoms with Gasteiger partial charge in [0.2, 0.25) is 47.3 Å². The summed E-state index contributed by atoms with van der Waals surface area (Å²) in [7, 11) is 0. The summed E-state index contributed by atoms with van der Waals surface area (Å²) in [5, 5.41) is 30.4. The summed E-state index contributed by atoms with van der Waals surface area (Å²) in [6.07, 6.45) is 5.66. The maximum atomic E-state index is 13.2. The van der Waals surface area contributed by atoms with Crippen molar-refractivity contribution in [2.24, 2.45) is 23.3 Å². The Morgan fingerprint density at radius 2 is 1.47 bits per heavy atom. The molecule has 0 aromatic rings. The summed E-state index contributed by atoms with van der Waals surface area (Å²) in [6.45, 7) is 4.70. The van der Waals surface area contributed by atoms with Gasteiger partial charge in [0.1, 0.15) is 18.1 Å². The average molecular weight is 856 g/mol. The Bertz CT molecular complexity index is 1460. The molecule has 2 aliphatic heterocycles. The van der Waals surface area contributed by atoms with Gasteiger partial charge >= 0.3 is 6.03 Å². The van der Waals surface area contributed by atoms with Crippen LogP contribution in [0.3, 0.4) is 0 Å². The van der Waals surface area contributed by atoms with Crippen LogP contribution in [-0.2, 0) is 38.4 Å². The molecule has 22 heteroatoms. The fourth-order valence-electron chi connectivity index (χ4n) is 6.66. The number of fused-ring (bicyclic) bond motifs is 1. The Morgan fingerprint density at radius 3 is 2.15 bits per heavy atom. The van der Waals surface area contributed by atoms with E-state index in [0.29, 0.717) is 56.9 Å². The molecular weight excluding hydrogens is 791 g/mol. The first kappa shape index (κ1) is 50.4. The fourth-order valence-corrected chi connectivity index (χ4v) is 8.20. The third-order valence-corrected chi connectivity index (χ3v) is 11.9. The standard InChI is InChI=1S/C37H65N11O10S/c1-4-21(2)23(17-29(50)48-58)35(55)45-25(12-7-9-15-38)36(56)43-22(3)34(54)42-18-30(51)41-19-31(52)44-24(33(39)53)11-8-10-16-40-28(49)14-6-5-13-27-32-26(20-59-27)46-37(57)47-32/h21-27,32,58H,4-20,38H2,1-3H3,(H2,39,53)(H,40,49)(H,41,51)(H,42,54)(H,43,56)(H,44,52)(H,45,55)(H,48,50)(H2,46,47,57)/t21?,22-,23?,24-,25-,26-,27-,32-/m0/s1. The van der Waals surface area contributed by atoms with E-state index in [2.05, 4.69) is 42.5 Å². The maximum absolute atomic E-state index is 13.2. The monoisotopic (exact) mass is 855 g/mol. The van der Waals surface area contributed by atoms with Gasteiger partial charge in [0, 0.05) is 36.3 Å². The van der Waals surface area contributed by atoms with Crippen molar-refractivity contribution in [3.63, 3.8) is 0 Å². The predicted octanol–water partition coefficient (Wildman–Crippen LogP) is -2.12. The molecule has 0 aromatic heterocycles. The summed E-state index contributed by atoms with van der Waals surface area (Å²) in [5.41, 5.74) is 12.6. The van der Waals surface area contributed by atoms with Gasteiger partial charge in [-0.1, -0.05) is 26.7 Å². The average Bonchev–Trinajstić information content (AvgIpc) is 3.76. The van der Waals surface area contributed by atoms with Gasteiger partial charge < -0.3 is 54.0 Å². The Hall–Kier alpha value is -4.70. The van der Waals surface area contributed by atoms with Crippen molar-refractivity contribution in [2.75, 3.05) is 31.9 Å². The normalized spacial score (nSPS) is 19.3. The van der Waals surface area contributed by atoms with Crippen LogP contribution in [0.2, 0.25) is 0 Å². The Morgan fingerprint density at radius 1 is 0.780 bits per heavy atom. The number of nitrogens with two attached hydrogens (primary N) is 2. The van der Waals surface area contributed by atoms with E-state index >= 15 is 0 Å². The van der Waals surface area contributed by atoms with Crippen molar-refractivity contribution in [1.82, 2.24) is 48.0 Å². The maximum Gasteiger partial charge on any atom is 0.315 e. The van der Waals surface area contributed by atoms with Crippen molar-refractivity contribution in [3.05, 3.63) is 0 Å². The van der Waals surface area contributed by atoms with E-state index in [9.17, 15) is 43.2 Å². The first-order chi connectivity index (χ1) is 28.1. The van der Waals surface area contributed by atoms with E-state index in [1.165, 1.54) is 12.4 Å². The first-order valence-corrected chi connectivity index (χ1v) is 21.5. The second-order valence-corrected chi connectivity index (χ2v) is 16.3. The molecule has 0 bridgehead atoms. The highest BCUT2D eigenvalue weighted by atomic mass is 32.2. The number of unbranched alkanes of at least 4 members (excludes halogenated alkanes) is 3. The van der Waals surface area contributed by atoms with Crippen LogP contribution >= 0.6 is 11.8 Å². The summed E-state index contributed by atoms with van der Waals surface area (Å²) >= 11 is 1.84. The van der Waals surface area contributed by atoms with Crippen molar-refractivity contribution in [1.29, 1.82) is 0 Å². The van der Waals surface area contributed by atoms with Gasteiger partial charge in [-0.3, -0.25) is 43.6 Å². The number of urea groups is 1. The predicted molar refractivity (Wildman–Crippen MR) is 218 cm³/mol. The summed E-state index contributed by atoms with van der Waals surface area (Å²) in [6, 6.07) is -2.99. The van der Waals surface area contributed by atoms with E-state index in [1.54, 1.807) is 6.92 Å². The van der Waals surface area contributed by atoms with Crippen LogP contribution in [0.1, 0.15) is 97.8 Å². The lowest BCUT2D eigenvalue weighted by Gasteiger charge is -2.26. The highest BCUT2D eigenvalue weighted by Crippen LogP contribution is 2.33. The number of thioether (sulfide) groups is 1. The van der Waals surface area contributed by atoms with Crippen molar-refractivity contribution < 1.29 is 48.4 Å². The molecular formula is C37H65N11O10S. The van der Waals surface area contributed by atoms with Crippen LogP contribution < -0.4 is 59.5 Å². The van der Waals surface area contributed by atoms with Gasteiger partial charge in [-0.15, -0.1) is 0 Å². The van der Waals surface area contributed by atoms with Gasteiger partial charge in [-0.05, 0) is 70.8 Å². The van der Waals surface area contributed by atoms with Gasteiger partial charge in [-0.25, -0.2) is 10.3 Å². The highest BCUT2D eigenvalue weighted by Gasteiger charge is 2.42. The SMILES string of the molecule is CCC(C)C(CC(=O)NO)C(=O)N[C@@H](CCCCN)C(=O)N[C@@H](C)C(=O)NCC(=O)NCC(=O)N[C@@H](CCCCNC(=O)CCCC[C@@H]1SC[C@@H]2NC(=O)N[C@@H]21)C(N)=O. The zero-order valence-corrected chi connectivity index (χ0v) is 35.1. The molecule has 21 nitrogen and oxygen atoms in total. The smallest absolute Gasteiger partial charge is 0.315 e. The van der Waals surface area contributed by atoms with Gasteiger partial charge in [0.15, 0.2) is 0 Å². The molecule has 59 heavy (non-hydrogen) atoms. The molecule has 2 saturated heterocycles. The molecule has 0 spiro atoms. The summed E-state index contributed by atoms with van der Waals surface area (Å²) in [4.78, 5) is 111. The zero-order valence-electron chi connectivity index (χ0n) is 34.3. The van der Waals surface area contributed by atoms with Crippen LogP contribution in [0.25, 0.3) is 0 Å². The molecule has 334 valence electrons. The van der Waals surface area contributed by atoms with Gasteiger partial charge in [-0.2, -0.15) is 11.8 Å². The molecule has 2 aliphatic rings. The topological polar surface area (TPSA) is 334 Å². The van der Waals surface area contributed by atoms with Gasteiger partial charge in [0.05, 0.1) is 25.2 Å². The molecule has 2 heterocycles. The second kappa shape index (κ2) is 27.1. The lowest BCUT2D eigenvalue weighted by molar-refractivity contribution is -0.138. The minimum Gasteiger partial charge on any atom is -0.368 e. The van der Waals surface area contributed by atoms with E-state index in [0.717, 1.165) is 25.0 Å². The van der Waals surface area contributed by atoms with Crippen molar-refractivity contribution >= 4 is 65.1 Å². The number of nitrogens with one attached hydrogen (secondary N) is 9. The molecule has 10 amide bonds. The van der Waals surface area contributed by atoms with Crippen LogP contribution in [0.5, 0.6) is 0 Å². The summed E-state index contributed by atoms with van der Waals surface area (Å²) < 4.78 is 0. The number of rotatable bonds is 29. The van der Waals surface area contributed by atoms with Crippen LogP contribution in [-0.4, -0.2) is 126 Å². The number of hydrogen-bond acceptors (Lipinski definition) is 12. The minimum absolute atomic E-state index is 0.0765. The second-order valence-electron chi connectivity index (χ2n) is 15.0. The van der Waals surface area contributed by atoms with E-state index in [1.807, 2.05) is 18.7 Å². The third-order valence-electron chi connectivity index (χ3n) is 10.4. The number of primary amides is 1. The Labute approximate surface area is 349 Å². The fraction of sp³-hybridized carbons (Fsp3) is 0.757. The van der Waals surface area contributed by atoms with Crippen molar-refractivity contribution in [2.45, 2.75) is 133 Å². The number of carbonyl (C=O) groups is 9.